The van der Waals surface area contributed by atoms with Gasteiger partial charge in [0.15, 0.2) is 0 Å². The van der Waals surface area contributed by atoms with Crippen LogP contribution in [0.4, 0.5) is 18.0 Å². The minimum Gasteiger partial charge on any atom is -0.443 e. The van der Waals surface area contributed by atoms with Crippen LogP contribution in [0.3, 0.4) is 0 Å². The van der Waals surface area contributed by atoms with Gasteiger partial charge in [0.2, 0.25) is 0 Å². The highest BCUT2D eigenvalue weighted by Gasteiger charge is 2.49. The monoisotopic (exact) mass is 516 g/mol. The van der Waals surface area contributed by atoms with Crippen LogP contribution >= 0.6 is 11.3 Å². The Morgan fingerprint density at radius 2 is 1.86 bits per heavy atom. The van der Waals surface area contributed by atoms with Crippen LogP contribution in [0.5, 0.6) is 0 Å². The predicted molar refractivity (Wildman–Crippen MR) is 127 cm³/mol. The van der Waals surface area contributed by atoms with Crippen molar-refractivity contribution in [3.05, 3.63) is 31.3 Å². The molecule has 2 aromatic rings. The third-order valence-electron chi connectivity index (χ3n) is 6.92. The Balaban J connectivity index is 1.66. The molecule has 2 aromatic heterocycles. The molecule has 0 saturated heterocycles. The number of halogens is 3. The zero-order valence-electron chi connectivity index (χ0n) is 20.3. The average molecular weight is 517 g/mol. The van der Waals surface area contributed by atoms with Gasteiger partial charge in [-0.25, -0.2) is 15.0 Å². The second kappa shape index (κ2) is 8.95. The van der Waals surface area contributed by atoms with E-state index in [-0.39, 0.29) is 28.2 Å². The lowest BCUT2D eigenvalue weighted by Gasteiger charge is -2.54. The number of alkyl halides is 3. The minimum absolute atomic E-state index is 0.115. The molecule has 0 aliphatic heterocycles. The van der Waals surface area contributed by atoms with Crippen molar-refractivity contribution in [2.75, 3.05) is 0 Å². The van der Waals surface area contributed by atoms with Crippen LogP contribution in [0, 0.1) is 12.3 Å². The van der Waals surface area contributed by atoms with Gasteiger partial charge in [-0.1, -0.05) is 6.42 Å². The topological polar surface area (TPSA) is 94.4 Å². The third-order valence-corrected chi connectivity index (χ3v) is 8.23. The molecular weight excluding hydrogens is 485 g/mol. The van der Waals surface area contributed by atoms with Crippen LogP contribution < -0.4 is 22.1 Å². The number of nitrogens with one attached hydrogen (secondary N) is 2. The third kappa shape index (κ3) is 5.28. The number of carbonyl (C=O) groups excluding carboxylic acids is 1. The number of thiophene rings is 1. The normalized spacial score (nSPS) is 17.9. The van der Waals surface area contributed by atoms with E-state index in [9.17, 15) is 27.6 Å². The fourth-order valence-corrected chi connectivity index (χ4v) is 6.30. The van der Waals surface area contributed by atoms with E-state index in [4.69, 9.17) is 4.74 Å². The number of carbonyl (C=O) groups is 1. The first kappa shape index (κ1) is 25.7. The summed E-state index contributed by atoms with van der Waals surface area (Å²) in [5.74, 6) is 0. The summed E-state index contributed by atoms with van der Waals surface area (Å²) in [5, 5.41) is 0.264. The molecule has 2 fully saturated rings. The Bertz CT molecular complexity index is 1240. The van der Waals surface area contributed by atoms with E-state index < -0.39 is 42.1 Å². The number of rotatable bonds is 6. The maximum Gasteiger partial charge on any atom is 0.422 e. The summed E-state index contributed by atoms with van der Waals surface area (Å²) < 4.78 is 46.6. The summed E-state index contributed by atoms with van der Waals surface area (Å²) in [6, 6.07) is -0.286. The van der Waals surface area contributed by atoms with E-state index >= 15 is 0 Å². The highest BCUT2D eigenvalue weighted by atomic mass is 32.1. The van der Waals surface area contributed by atoms with Crippen LogP contribution in [-0.4, -0.2) is 27.0 Å². The van der Waals surface area contributed by atoms with Crippen molar-refractivity contribution >= 4 is 27.6 Å². The SMILES string of the molecule is Cc1c(CNNC(=O)OC(C)(C)C)sc2c1c(=O)n(C1CC3(CCC3)C1)c(=O)n2CCC(F)(F)F. The molecule has 2 saturated carbocycles. The average Bonchev–Trinajstić information content (AvgIpc) is 2.96. The molecular formula is C23H31F3N4O4S. The lowest BCUT2D eigenvalue weighted by Crippen LogP contribution is -2.51. The van der Waals surface area contributed by atoms with Gasteiger partial charge in [0, 0.05) is 24.0 Å². The van der Waals surface area contributed by atoms with E-state index in [0.29, 0.717) is 23.3 Å². The van der Waals surface area contributed by atoms with Crippen molar-refractivity contribution < 1.29 is 22.7 Å². The summed E-state index contributed by atoms with van der Waals surface area (Å²) >= 11 is 1.08. The highest BCUT2D eigenvalue weighted by molar-refractivity contribution is 7.18. The second-order valence-electron chi connectivity index (χ2n) is 10.7. The van der Waals surface area contributed by atoms with Crippen LogP contribution in [0.2, 0.25) is 0 Å². The lowest BCUT2D eigenvalue weighted by molar-refractivity contribution is -0.136. The molecule has 0 radical (unpaired) electrons. The number of nitrogens with zero attached hydrogens (tertiary/aromatic N) is 2. The second-order valence-corrected chi connectivity index (χ2v) is 11.8. The van der Waals surface area contributed by atoms with Gasteiger partial charge in [-0.15, -0.1) is 11.3 Å². The first-order valence-corrected chi connectivity index (χ1v) is 12.6. The first-order valence-electron chi connectivity index (χ1n) is 11.8. The Morgan fingerprint density at radius 3 is 2.40 bits per heavy atom. The molecule has 2 aliphatic carbocycles. The van der Waals surface area contributed by atoms with Crippen molar-refractivity contribution in [1.29, 1.82) is 0 Å². The number of ether oxygens (including phenoxy) is 1. The molecule has 0 unspecified atom stereocenters. The van der Waals surface area contributed by atoms with Crippen molar-refractivity contribution in [2.45, 2.75) is 97.1 Å². The van der Waals surface area contributed by atoms with Crippen LogP contribution in [-0.2, 0) is 17.8 Å². The van der Waals surface area contributed by atoms with Gasteiger partial charge in [0.25, 0.3) is 5.56 Å². The molecule has 4 rings (SSSR count). The van der Waals surface area contributed by atoms with E-state index in [1.165, 1.54) is 4.57 Å². The zero-order chi connectivity index (χ0) is 25.8. The summed E-state index contributed by atoms with van der Waals surface area (Å²) in [7, 11) is 0. The fourth-order valence-electron chi connectivity index (χ4n) is 5.04. The number of hydrazine groups is 1. The Kier molecular flexibility index (Phi) is 6.58. The van der Waals surface area contributed by atoms with Crippen molar-refractivity contribution in [3.63, 3.8) is 0 Å². The molecule has 35 heavy (non-hydrogen) atoms. The predicted octanol–water partition coefficient (Wildman–Crippen LogP) is 4.52. The van der Waals surface area contributed by atoms with Gasteiger partial charge >= 0.3 is 18.0 Å². The van der Waals surface area contributed by atoms with E-state index in [1.54, 1.807) is 27.7 Å². The molecule has 0 bridgehead atoms. The number of fused-ring (bicyclic) bond motifs is 1. The van der Waals surface area contributed by atoms with Crippen LogP contribution in [0.15, 0.2) is 9.59 Å². The van der Waals surface area contributed by atoms with Crippen molar-refractivity contribution in [3.8, 4) is 0 Å². The minimum atomic E-state index is -4.44. The molecule has 0 aromatic carbocycles. The van der Waals surface area contributed by atoms with Crippen LogP contribution in [0.1, 0.15) is 75.8 Å². The highest BCUT2D eigenvalue weighted by Crippen LogP contribution is 2.59. The zero-order valence-corrected chi connectivity index (χ0v) is 21.1. The standard InChI is InChI=1S/C23H31F3N4O4S/c1-13-15(12-27-28-19(32)34-21(2,3)4)35-18-16(13)17(31)30(14-10-22(11-14)6-5-7-22)20(33)29(18)9-8-23(24,25)26/h14,27H,5-12H2,1-4H3,(H,28,32). The van der Waals surface area contributed by atoms with E-state index in [1.807, 2.05) is 0 Å². The van der Waals surface area contributed by atoms with Crippen molar-refractivity contribution in [1.82, 2.24) is 20.0 Å². The fraction of sp³-hybridized carbons (Fsp3) is 0.696. The molecule has 1 spiro atoms. The largest absolute Gasteiger partial charge is 0.443 e. The molecule has 12 heteroatoms. The maximum absolute atomic E-state index is 13.5. The quantitative estimate of drug-likeness (QED) is 0.551. The molecule has 0 atom stereocenters. The van der Waals surface area contributed by atoms with E-state index in [0.717, 1.165) is 35.2 Å². The summed E-state index contributed by atoms with van der Waals surface area (Å²) in [4.78, 5) is 39.5. The lowest BCUT2D eigenvalue weighted by atomic mass is 9.54. The number of aryl methyl sites for hydroxylation is 2. The number of aromatic nitrogens is 2. The Labute approximate surface area is 204 Å². The molecule has 2 heterocycles. The van der Waals surface area contributed by atoms with Crippen molar-refractivity contribution in [2.24, 2.45) is 5.41 Å². The van der Waals surface area contributed by atoms with Gasteiger partial charge in [0.1, 0.15) is 10.4 Å². The molecule has 2 aliphatic rings. The van der Waals surface area contributed by atoms with Gasteiger partial charge in [-0.3, -0.25) is 19.4 Å². The summed E-state index contributed by atoms with van der Waals surface area (Å²) in [5.41, 5.74) is 4.10. The molecule has 8 nitrogen and oxygen atoms in total. The van der Waals surface area contributed by atoms with Gasteiger partial charge in [-0.05, 0) is 64.4 Å². The van der Waals surface area contributed by atoms with Crippen LogP contribution in [0.25, 0.3) is 10.2 Å². The van der Waals surface area contributed by atoms with Gasteiger partial charge in [-0.2, -0.15) is 13.2 Å². The Morgan fingerprint density at radius 1 is 1.20 bits per heavy atom. The number of hydrogen-bond acceptors (Lipinski definition) is 6. The molecule has 2 N–H and O–H groups in total. The molecule has 194 valence electrons. The van der Waals surface area contributed by atoms with Gasteiger partial charge < -0.3 is 4.74 Å². The number of amides is 1. The first-order chi connectivity index (χ1) is 16.2. The maximum atomic E-state index is 13.5. The Hall–Kier alpha value is -2.34. The summed E-state index contributed by atoms with van der Waals surface area (Å²) in [6.07, 6.45) is -1.59. The van der Waals surface area contributed by atoms with Gasteiger partial charge in [0.05, 0.1) is 11.8 Å². The summed E-state index contributed by atoms with van der Waals surface area (Å²) in [6.45, 7) is 6.44. The smallest absolute Gasteiger partial charge is 0.422 e. The number of hydrogen-bond donors (Lipinski definition) is 2. The molecule has 1 amide bonds. The van der Waals surface area contributed by atoms with E-state index in [2.05, 4.69) is 10.9 Å².